The number of aliphatic hydroxyl groups is 1. The fourth-order valence-electron chi connectivity index (χ4n) is 2.13. The molecule has 84 valence electrons. The van der Waals surface area contributed by atoms with E-state index in [1.54, 1.807) is 0 Å². The van der Waals surface area contributed by atoms with Crippen molar-refractivity contribution >= 4 is 0 Å². The molecule has 0 aromatic heterocycles. The molecule has 2 rings (SSSR count). The first-order valence-corrected chi connectivity index (χ1v) is 5.88. The van der Waals surface area contributed by atoms with Gasteiger partial charge in [-0.05, 0) is 30.4 Å². The molecule has 1 aromatic carbocycles. The van der Waals surface area contributed by atoms with Crippen LogP contribution in [-0.2, 0) is 0 Å². The Bertz CT molecular complexity index is 401. The average Bonchev–Trinajstić information content (AvgIpc) is 2.33. The van der Waals surface area contributed by atoms with Crippen LogP contribution in [-0.4, -0.2) is 5.11 Å². The highest BCUT2D eigenvalue weighted by Gasteiger charge is 2.10. The molecule has 1 unspecified atom stereocenters. The van der Waals surface area contributed by atoms with Gasteiger partial charge in [-0.1, -0.05) is 48.9 Å². The summed E-state index contributed by atoms with van der Waals surface area (Å²) >= 11 is 0. The molecule has 0 heterocycles. The number of hydrogen-bond donors (Lipinski definition) is 1. The van der Waals surface area contributed by atoms with E-state index in [1.165, 1.54) is 11.1 Å². The van der Waals surface area contributed by atoms with Gasteiger partial charge in [0.25, 0.3) is 0 Å². The van der Waals surface area contributed by atoms with Gasteiger partial charge in [0.05, 0.1) is 5.76 Å². The van der Waals surface area contributed by atoms with E-state index in [2.05, 4.69) is 43.3 Å². The van der Waals surface area contributed by atoms with Gasteiger partial charge in [0.1, 0.15) is 0 Å². The van der Waals surface area contributed by atoms with Crippen molar-refractivity contribution in [1.82, 2.24) is 0 Å². The summed E-state index contributed by atoms with van der Waals surface area (Å²) in [6.07, 6.45) is 6.79. The molecule has 1 aromatic rings. The summed E-state index contributed by atoms with van der Waals surface area (Å²) in [5.74, 6) is 1.07. The molecule has 0 saturated heterocycles. The largest absolute Gasteiger partial charge is 0.512 e. The van der Waals surface area contributed by atoms with Crippen molar-refractivity contribution in [3.63, 3.8) is 0 Å². The van der Waals surface area contributed by atoms with Gasteiger partial charge >= 0.3 is 0 Å². The SMILES string of the molecule is CC(CC1=CC=C(O)CC1)c1ccccc1. The predicted octanol–water partition coefficient (Wildman–Crippen LogP) is 4.34. The Labute approximate surface area is 97.1 Å². The minimum absolute atomic E-state index is 0.510. The fraction of sp³-hybridized carbons (Fsp3) is 0.333. The van der Waals surface area contributed by atoms with Gasteiger partial charge in [-0.25, -0.2) is 0 Å². The van der Waals surface area contributed by atoms with E-state index in [-0.39, 0.29) is 0 Å². The van der Waals surface area contributed by atoms with E-state index >= 15 is 0 Å². The van der Waals surface area contributed by atoms with E-state index in [4.69, 9.17) is 0 Å². The first-order chi connectivity index (χ1) is 7.75. The van der Waals surface area contributed by atoms with E-state index < -0.39 is 0 Å². The van der Waals surface area contributed by atoms with E-state index in [1.807, 2.05) is 6.08 Å². The van der Waals surface area contributed by atoms with Gasteiger partial charge in [0, 0.05) is 6.42 Å². The summed E-state index contributed by atoms with van der Waals surface area (Å²) in [6, 6.07) is 10.6. The molecule has 0 fully saturated rings. The van der Waals surface area contributed by atoms with Crippen LogP contribution in [0.25, 0.3) is 0 Å². The van der Waals surface area contributed by atoms with Crippen molar-refractivity contribution in [3.05, 3.63) is 59.4 Å². The summed E-state index contributed by atoms with van der Waals surface area (Å²) in [7, 11) is 0. The maximum atomic E-state index is 9.29. The van der Waals surface area contributed by atoms with Crippen molar-refractivity contribution in [1.29, 1.82) is 0 Å². The summed E-state index contributed by atoms with van der Waals surface area (Å²) in [4.78, 5) is 0. The molecular formula is C15H18O. The van der Waals surface area contributed by atoms with Crippen LogP contribution in [0.3, 0.4) is 0 Å². The Morgan fingerprint density at radius 1 is 1.12 bits per heavy atom. The second kappa shape index (κ2) is 5.02. The molecule has 0 bridgehead atoms. The monoisotopic (exact) mass is 214 g/mol. The van der Waals surface area contributed by atoms with Crippen molar-refractivity contribution < 1.29 is 5.11 Å². The van der Waals surface area contributed by atoms with Gasteiger partial charge in [-0.2, -0.15) is 0 Å². The normalized spacial score (nSPS) is 17.6. The Balaban J connectivity index is 2.01. The van der Waals surface area contributed by atoms with Crippen LogP contribution in [0.4, 0.5) is 0 Å². The zero-order valence-corrected chi connectivity index (χ0v) is 9.69. The molecule has 16 heavy (non-hydrogen) atoms. The summed E-state index contributed by atoms with van der Waals surface area (Å²) in [6.45, 7) is 2.26. The predicted molar refractivity (Wildman–Crippen MR) is 67.5 cm³/mol. The molecule has 1 nitrogen and oxygen atoms in total. The number of aliphatic hydroxyl groups excluding tert-OH is 1. The third-order valence-corrected chi connectivity index (χ3v) is 3.15. The van der Waals surface area contributed by atoms with Crippen LogP contribution in [0.1, 0.15) is 37.7 Å². The lowest BCUT2D eigenvalue weighted by Crippen LogP contribution is -1.99. The topological polar surface area (TPSA) is 20.2 Å². The lowest BCUT2D eigenvalue weighted by atomic mass is 9.90. The van der Waals surface area contributed by atoms with Crippen LogP contribution in [0.15, 0.2) is 53.8 Å². The number of allylic oxidation sites excluding steroid dienone is 4. The zero-order valence-electron chi connectivity index (χ0n) is 9.69. The van der Waals surface area contributed by atoms with E-state index in [0.29, 0.717) is 11.7 Å². The molecule has 0 saturated carbocycles. The van der Waals surface area contributed by atoms with Gasteiger partial charge < -0.3 is 5.11 Å². The molecule has 0 amide bonds. The average molecular weight is 214 g/mol. The quantitative estimate of drug-likeness (QED) is 0.793. The molecule has 1 aliphatic carbocycles. The summed E-state index contributed by atoms with van der Waals surface area (Å²) in [5, 5.41) is 9.29. The number of benzene rings is 1. The lowest BCUT2D eigenvalue weighted by molar-refractivity contribution is 0.384. The van der Waals surface area contributed by atoms with Crippen LogP contribution >= 0.6 is 0 Å². The highest BCUT2D eigenvalue weighted by molar-refractivity contribution is 5.25. The second-order valence-corrected chi connectivity index (χ2v) is 4.50. The van der Waals surface area contributed by atoms with E-state index in [0.717, 1.165) is 19.3 Å². The molecule has 1 atom stereocenters. The van der Waals surface area contributed by atoms with Crippen molar-refractivity contribution in [2.24, 2.45) is 0 Å². The minimum atomic E-state index is 0.510. The van der Waals surface area contributed by atoms with Crippen molar-refractivity contribution in [3.8, 4) is 0 Å². The first-order valence-electron chi connectivity index (χ1n) is 5.88. The Kier molecular flexibility index (Phi) is 3.45. The van der Waals surface area contributed by atoms with Gasteiger partial charge in [0.15, 0.2) is 0 Å². The first kappa shape index (κ1) is 11.0. The smallest absolute Gasteiger partial charge is 0.0925 e. The molecular weight excluding hydrogens is 196 g/mol. The standard InChI is InChI=1S/C15H18O/c1-12(14-5-3-2-4-6-14)11-13-7-9-15(16)10-8-13/h2-7,9,12,16H,8,10-11H2,1H3. The number of hydrogen-bond acceptors (Lipinski definition) is 1. The Morgan fingerprint density at radius 2 is 1.88 bits per heavy atom. The molecule has 0 spiro atoms. The Hall–Kier alpha value is -1.50. The van der Waals surface area contributed by atoms with Crippen LogP contribution in [0, 0.1) is 0 Å². The number of rotatable bonds is 3. The van der Waals surface area contributed by atoms with Gasteiger partial charge in [-0.15, -0.1) is 0 Å². The fourth-order valence-corrected chi connectivity index (χ4v) is 2.13. The van der Waals surface area contributed by atoms with Crippen LogP contribution in [0.2, 0.25) is 0 Å². The maximum absolute atomic E-state index is 9.29. The maximum Gasteiger partial charge on any atom is 0.0925 e. The third-order valence-electron chi connectivity index (χ3n) is 3.15. The molecule has 1 N–H and O–H groups in total. The molecule has 0 radical (unpaired) electrons. The summed E-state index contributed by atoms with van der Waals surface area (Å²) < 4.78 is 0. The molecule has 0 aliphatic heterocycles. The summed E-state index contributed by atoms with van der Waals surface area (Å²) in [5.41, 5.74) is 2.83. The molecule has 1 aliphatic rings. The Morgan fingerprint density at radius 3 is 2.50 bits per heavy atom. The van der Waals surface area contributed by atoms with Crippen LogP contribution < -0.4 is 0 Å². The van der Waals surface area contributed by atoms with Gasteiger partial charge in [0.2, 0.25) is 0 Å². The highest BCUT2D eigenvalue weighted by Crippen LogP contribution is 2.27. The minimum Gasteiger partial charge on any atom is -0.512 e. The van der Waals surface area contributed by atoms with Crippen LogP contribution in [0.5, 0.6) is 0 Å². The molecule has 1 heteroatoms. The highest BCUT2D eigenvalue weighted by atomic mass is 16.3. The zero-order chi connectivity index (χ0) is 11.4. The van der Waals surface area contributed by atoms with Crippen molar-refractivity contribution in [2.75, 3.05) is 0 Å². The van der Waals surface area contributed by atoms with Crippen molar-refractivity contribution in [2.45, 2.75) is 32.1 Å². The van der Waals surface area contributed by atoms with Gasteiger partial charge in [-0.3, -0.25) is 0 Å². The third kappa shape index (κ3) is 2.75. The lowest BCUT2D eigenvalue weighted by Gasteiger charge is -2.16. The van der Waals surface area contributed by atoms with E-state index in [9.17, 15) is 5.11 Å². The second-order valence-electron chi connectivity index (χ2n) is 4.50.